The molecule has 0 bridgehead atoms. The number of nitriles is 1. The number of hydrogen-bond donors (Lipinski definition) is 1. The van der Waals surface area contributed by atoms with Crippen LogP contribution in [0.5, 0.6) is 0 Å². The summed E-state index contributed by atoms with van der Waals surface area (Å²) in [6, 6.07) is 20.4. The first-order chi connectivity index (χ1) is 15.1. The van der Waals surface area contributed by atoms with E-state index in [1.165, 1.54) is 11.8 Å². The number of thioether (sulfide) groups is 1. The molecule has 6 nitrogen and oxygen atoms in total. The number of aromatic nitrogens is 3. The van der Waals surface area contributed by atoms with Gasteiger partial charge in [-0.05, 0) is 37.5 Å². The Hall–Kier alpha value is -3.11. The second-order valence-electron chi connectivity index (χ2n) is 7.94. The number of nitrogens with one attached hydrogen (secondary N) is 1. The summed E-state index contributed by atoms with van der Waals surface area (Å²) in [6.07, 6.45) is 4.51. The molecule has 0 spiro atoms. The monoisotopic (exact) mass is 431 g/mol. The Morgan fingerprint density at radius 3 is 2.61 bits per heavy atom. The lowest BCUT2D eigenvalue weighted by Crippen LogP contribution is -2.49. The lowest BCUT2D eigenvalue weighted by molar-refractivity contribution is -0.120. The molecule has 2 aromatic carbocycles. The van der Waals surface area contributed by atoms with Gasteiger partial charge in [-0.3, -0.25) is 9.36 Å². The van der Waals surface area contributed by atoms with Crippen LogP contribution in [0.15, 0.2) is 59.8 Å². The Kier molecular flexibility index (Phi) is 6.38. The van der Waals surface area contributed by atoms with Crippen LogP contribution >= 0.6 is 11.8 Å². The zero-order valence-corrected chi connectivity index (χ0v) is 18.4. The summed E-state index contributed by atoms with van der Waals surface area (Å²) in [5.74, 6) is 0.769. The fraction of sp³-hybridized carbons (Fsp3) is 0.333. The first kappa shape index (κ1) is 21.1. The van der Waals surface area contributed by atoms with Crippen LogP contribution in [0.25, 0.3) is 17.1 Å². The summed E-state index contributed by atoms with van der Waals surface area (Å²) in [7, 11) is 0. The van der Waals surface area contributed by atoms with Crippen LogP contribution in [0.3, 0.4) is 0 Å². The molecule has 1 fully saturated rings. The van der Waals surface area contributed by atoms with Crippen molar-refractivity contribution < 1.29 is 4.79 Å². The van der Waals surface area contributed by atoms with E-state index in [2.05, 4.69) is 27.6 Å². The van der Waals surface area contributed by atoms with Crippen molar-refractivity contribution in [1.82, 2.24) is 20.1 Å². The molecule has 0 unspecified atom stereocenters. The Morgan fingerprint density at radius 2 is 1.90 bits per heavy atom. The van der Waals surface area contributed by atoms with Gasteiger partial charge in [0, 0.05) is 11.3 Å². The smallest absolute Gasteiger partial charge is 0.231 e. The predicted molar refractivity (Wildman–Crippen MR) is 122 cm³/mol. The Labute approximate surface area is 186 Å². The Balaban J connectivity index is 1.58. The predicted octanol–water partition coefficient (Wildman–Crippen LogP) is 4.68. The minimum atomic E-state index is -0.727. The van der Waals surface area contributed by atoms with Gasteiger partial charge in [-0.25, -0.2) is 0 Å². The van der Waals surface area contributed by atoms with Gasteiger partial charge in [0.2, 0.25) is 5.91 Å². The first-order valence-electron chi connectivity index (χ1n) is 10.5. The number of rotatable bonds is 6. The van der Waals surface area contributed by atoms with E-state index in [1.54, 1.807) is 0 Å². The number of carbonyl (C=O) groups is 1. The lowest BCUT2D eigenvalue weighted by Gasteiger charge is -2.31. The third-order valence-corrected chi connectivity index (χ3v) is 6.49. The molecule has 1 aromatic heterocycles. The molecule has 0 saturated heterocycles. The molecule has 0 aliphatic heterocycles. The van der Waals surface area contributed by atoms with Crippen LogP contribution in [-0.4, -0.2) is 32.0 Å². The van der Waals surface area contributed by atoms with Gasteiger partial charge in [0.15, 0.2) is 11.0 Å². The van der Waals surface area contributed by atoms with Crippen LogP contribution in [-0.2, 0) is 4.79 Å². The van der Waals surface area contributed by atoms with Crippen LogP contribution in [0.1, 0.15) is 37.7 Å². The van der Waals surface area contributed by atoms with E-state index in [0.717, 1.165) is 54.7 Å². The van der Waals surface area contributed by atoms with E-state index in [0.29, 0.717) is 5.16 Å². The summed E-state index contributed by atoms with van der Waals surface area (Å²) in [5, 5.41) is 22.1. The van der Waals surface area contributed by atoms with Crippen LogP contribution < -0.4 is 5.32 Å². The van der Waals surface area contributed by atoms with Crippen molar-refractivity contribution in [3.05, 3.63) is 60.2 Å². The van der Waals surface area contributed by atoms with Gasteiger partial charge in [0.25, 0.3) is 0 Å². The third kappa shape index (κ3) is 4.80. The number of benzene rings is 2. The molecule has 4 rings (SSSR count). The molecule has 158 valence electrons. The van der Waals surface area contributed by atoms with Gasteiger partial charge in [-0.1, -0.05) is 73.5 Å². The number of nitrogens with zero attached hydrogens (tertiary/aromatic N) is 4. The van der Waals surface area contributed by atoms with Gasteiger partial charge < -0.3 is 5.32 Å². The highest BCUT2D eigenvalue weighted by atomic mass is 32.2. The fourth-order valence-electron chi connectivity index (χ4n) is 3.99. The van der Waals surface area contributed by atoms with E-state index >= 15 is 0 Å². The van der Waals surface area contributed by atoms with Crippen LogP contribution in [0.2, 0.25) is 0 Å². The lowest BCUT2D eigenvalue weighted by atomic mass is 9.83. The molecular weight excluding hydrogens is 406 g/mol. The molecule has 1 N–H and O–H groups in total. The van der Waals surface area contributed by atoms with Crippen molar-refractivity contribution in [2.45, 2.75) is 49.7 Å². The van der Waals surface area contributed by atoms with E-state index < -0.39 is 5.54 Å². The molecule has 3 aromatic rings. The highest BCUT2D eigenvalue weighted by molar-refractivity contribution is 7.99. The maximum absolute atomic E-state index is 12.7. The summed E-state index contributed by atoms with van der Waals surface area (Å²) in [4.78, 5) is 12.7. The zero-order chi connectivity index (χ0) is 21.7. The van der Waals surface area contributed by atoms with Crippen molar-refractivity contribution >= 4 is 17.7 Å². The van der Waals surface area contributed by atoms with E-state index in [1.807, 2.05) is 60.0 Å². The first-order valence-corrected chi connectivity index (χ1v) is 11.5. The van der Waals surface area contributed by atoms with Crippen molar-refractivity contribution in [2.75, 3.05) is 5.75 Å². The average molecular weight is 432 g/mol. The number of amides is 1. The average Bonchev–Trinajstić information content (AvgIpc) is 3.23. The van der Waals surface area contributed by atoms with Crippen molar-refractivity contribution in [1.29, 1.82) is 5.26 Å². The summed E-state index contributed by atoms with van der Waals surface area (Å²) >= 11 is 1.34. The Morgan fingerprint density at radius 1 is 1.13 bits per heavy atom. The number of aryl methyl sites for hydroxylation is 1. The molecule has 1 saturated carbocycles. The van der Waals surface area contributed by atoms with Crippen LogP contribution in [0.4, 0.5) is 0 Å². The minimum Gasteiger partial charge on any atom is -0.337 e. The molecule has 1 aliphatic rings. The molecule has 31 heavy (non-hydrogen) atoms. The standard InChI is InChI=1S/C24H25N5OS/c1-18-9-8-12-20(15-18)29-22(19-10-4-2-5-11-19)27-28-23(29)31-16-21(30)26-24(17-25)13-6-3-7-14-24/h2,4-5,8-12,15H,3,6-7,13-14,16H2,1H3,(H,26,30). The van der Waals surface area contributed by atoms with Crippen LogP contribution in [0, 0.1) is 18.3 Å². The van der Waals surface area contributed by atoms with Gasteiger partial charge >= 0.3 is 0 Å². The highest BCUT2D eigenvalue weighted by Crippen LogP contribution is 2.30. The molecule has 1 aliphatic carbocycles. The molecule has 1 amide bonds. The summed E-state index contributed by atoms with van der Waals surface area (Å²) < 4.78 is 1.99. The highest BCUT2D eigenvalue weighted by Gasteiger charge is 2.33. The second-order valence-corrected chi connectivity index (χ2v) is 8.88. The largest absolute Gasteiger partial charge is 0.337 e. The van der Waals surface area contributed by atoms with Gasteiger partial charge in [-0.15, -0.1) is 10.2 Å². The van der Waals surface area contributed by atoms with Crippen molar-refractivity contribution in [3.63, 3.8) is 0 Å². The molecule has 0 radical (unpaired) electrons. The maximum atomic E-state index is 12.7. The normalized spacial score (nSPS) is 15.2. The Bertz CT molecular complexity index is 1100. The quantitative estimate of drug-likeness (QED) is 0.573. The van der Waals surface area contributed by atoms with Crippen molar-refractivity contribution in [3.8, 4) is 23.1 Å². The van der Waals surface area contributed by atoms with E-state index in [9.17, 15) is 10.1 Å². The van der Waals surface area contributed by atoms with Gasteiger partial charge in [0.05, 0.1) is 11.8 Å². The number of carbonyl (C=O) groups excluding carboxylic acids is 1. The molecule has 7 heteroatoms. The van der Waals surface area contributed by atoms with Crippen molar-refractivity contribution in [2.24, 2.45) is 0 Å². The molecule has 0 atom stereocenters. The molecule has 1 heterocycles. The summed E-state index contributed by atoms with van der Waals surface area (Å²) in [6.45, 7) is 2.04. The maximum Gasteiger partial charge on any atom is 0.231 e. The van der Waals surface area contributed by atoms with Gasteiger partial charge in [0.1, 0.15) is 5.54 Å². The fourth-order valence-corrected chi connectivity index (χ4v) is 4.74. The SMILES string of the molecule is Cc1cccc(-n2c(SCC(=O)NC3(C#N)CCCCC3)nnc2-c2ccccc2)c1. The third-order valence-electron chi connectivity index (χ3n) is 5.56. The number of hydrogen-bond acceptors (Lipinski definition) is 5. The minimum absolute atomic E-state index is 0.145. The van der Waals surface area contributed by atoms with Gasteiger partial charge in [-0.2, -0.15) is 5.26 Å². The topological polar surface area (TPSA) is 83.6 Å². The summed E-state index contributed by atoms with van der Waals surface area (Å²) in [5.41, 5.74) is 2.31. The van der Waals surface area contributed by atoms with E-state index in [-0.39, 0.29) is 11.7 Å². The zero-order valence-electron chi connectivity index (χ0n) is 17.5. The second kappa shape index (κ2) is 9.36. The van der Waals surface area contributed by atoms with E-state index in [4.69, 9.17) is 0 Å². The molecular formula is C24H25N5OS.